The summed E-state index contributed by atoms with van der Waals surface area (Å²) in [6, 6.07) is 14.2. The Bertz CT molecular complexity index is 560. The maximum absolute atomic E-state index is 5.74. The summed E-state index contributed by atoms with van der Waals surface area (Å²) in [6.07, 6.45) is 1.13. The van der Waals surface area contributed by atoms with Crippen LogP contribution < -0.4 is 5.32 Å². The first kappa shape index (κ1) is 16.1. The highest BCUT2D eigenvalue weighted by Gasteiger charge is 2.00. The Labute approximate surface area is 134 Å². The lowest BCUT2D eigenvalue weighted by Crippen LogP contribution is -2.15. The molecule has 0 aliphatic carbocycles. The van der Waals surface area contributed by atoms with Crippen molar-refractivity contribution >= 4 is 15.9 Å². The summed E-state index contributed by atoms with van der Waals surface area (Å²) in [5.74, 6) is 0. The number of nitrogens with one attached hydrogen (secondary N) is 1. The van der Waals surface area contributed by atoms with Crippen LogP contribution in [-0.4, -0.2) is 11.5 Å². The van der Waals surface area contributed by atoms with Crippen LogP contribution in [0.5, 0.6) is 0 Å². The van der Waals surface area contributed by atoms with Gasteiger partial charge >= 0.3 is 0 Å². The van der Waals surface area contributed by atoms with Crippen LogP contribution in [0, 0.1) is 0 Å². The van der Waals surface area contributed by atoms with Gasteiger partial charge in [0.25, 0.3) is 0 Å². The number of nitrogens with zero attached hydrogens (tertiary/aromatic N) is 1. The maximum Gasteiger partial charge on any atom is 0.0892 e. The van der Waals surface area contributed by atoms with Crippen LogP contribution in [0.4, 0.5) is 0 Å². The van der Waals surface area contributed by atoms with Gasteiger partial charge in [0.1, 0.15) is 0 Å². The lowest BCUT2D eigenvalue weighted by Gasteiger charge is -2.07. The Morgan fingerprint density at radius 1 is 1.10 bits per heavy atom. The van der Waals surface area contributed by atoms with Gasteiger partial charge in [0, 0.05) is 11.0 Å². The molecule has 0 saturated heterocycles. The van der Waals surface area contributed by atoms with Crippen LogP contribution in [0.15, 0.2) is 46.9 Å². The minimum atomic E-state index is 0.536. The number of hydrogen-bond acceptors (Lipinski definition) is 3. The third-order valence-electron chi connectivity index (χ3n) is 3.01. The molecule has 0 atom stereocenters. The van der Waals surface area contributed by atoms with Crippen molar-refractivity contribution in [1.82, 2.24) is 10.3 Å². The van der Waals surface area contributed by atoms with Crippen LogP contribution in [0.3, 0.4) is 0 Å². The molecule has 0 unspecified atom stereocenters. The van der Waals surface area contributed by atoms with E-state index in [1.165, 1.54) is 0 Å². The summed E-state index contributed by atoms with van der Waals surface area (Å²) in [7, 11) is 0. The predicted molar refractivity (Wildman–Crippen MR) is 88.9 cm³/mol. The number of rotatable bonds is 8. The number of pyridine rings is 1. The van der Waals surface area contributed by atoms with Crippen molar-refractivity contribution in [3.05, 3.63) is 63.9 Å². The SMILES string of the molecule is CCCNCc1cccc(COCc2cccc(Br)c2)n1. The van der Waals surface area contributed by atoms with Crippen molar-refractivity contribution in [3.63, 3.8) is 0 Å². The average Bonchev–Trinajstić information content (AvgIpc) is 2.48. The molecule has 2 aromatic rings. The van der Waals surface area contributed by atoms with Gasteiger partial charge in [0.15, 0.2) is 0 Å². The lowest BCUT2D eigenvalue weighted by atomic mass is 10.2. The summed E-state index contributed by atoms with van der Waals surface area (Å²) in [5, 5.41) is 3.36. The Kier molecular flexibility index (Phi) is 6.86. The largest absolute Gasteiger partial charge is 0.370 e. The minimum Gasteiger partial charge on any atom is -0.370 e. The molecule has 0 aliphatic rings. The fraction of sp³-hybridized carbons (Fsp3) is 0.353. The highest BCUT2D eigenvalue weighted by molar-refractivity contribution is 9.10. The summed E-state index contributed by atoms with van der Waals surface area (Å²) in [4.78, 5) is 4.60. The Balaban J connectivity index is 1.81. The molecule has 2 rings (SSSR count). The normalized spacial score (nSPS) is 10.8. The molecular weight excluding hydrogens is 328 g/mol. The first-order valence-corrected chi connectivity index (χ1v) is 8.05. The summed E-state index contributed by atoms with van der Waals surface area (Å²) in [5.41, 5.74) is 3.19. The summed E-state index contributed by atoms with van der Waals surface area (Å²) in [6.45, 7) is 5.12. The lowest BCUT2D eigenvalue weighted by molar-refractivity contribution is 0.104. The highest BCUT2D eigenvalue weighted by atomic mass is 79.9. The number of benzene rings is 1. The van der Waals surface area contributed by atoms with E-state index in [1.54, 1.807) is 0 Å². The topological polar surface area (TPSA) is 34.1 Å². The smallest absolute Gasteiger partial charge is 0.0892 e. The molecule has 112 valence electrons. The van der Waals surface area contributed by atoms with Gasteiger partial charge < -0.3 is 10.1 Å². The second kappa shape index (κ2) is 8.93. The van der Waals surface area contributed by atoms with Gasteiger partial charge in [0.05, 0.1) is 24.6 Å². The first-order chi connectivity index (χ1) is 10.3. The number of halogens is 1. The number of hydrogen-bond donors (Lipinski definition) is 1. The molecule has 0 aliphatic heterocycles. The van der Waals surface area contributed by atoms with Gasteiger partial charge in [-0.25, -0.2) is 0 Å². The molecule has 1 heterocycles. The second-order valence-corrected chi connectivity index (χ2v) is 5.84. The zero-order valence-electron chi connectivity index (χ0n) is 12.3. The molecule has 0 bridgehead atoms. The quantitative estimate of drug-likeness (QED) is 0.730. The average molecular weight is 349 g/mol. The van der Waals surface area contributed by atoms with E-state index in [-0.39, 0.29) is 0 Å². The molecular formula is C17H21BrN2O. The van der Waals surface area contributed by atoms with Gasteiger partial charge in [-0.3, -0.25) is 4.98 Å². The predicted octanol–water partition coefficient (Wildman–Crippen LogP) is 4.06. The Morgan fingerprint density at radius 3 is 2.71 bits per heavy atom. The van der Waals surface area contributed by atoms with E-state index >= 15 is 0 Å². The molecule has 0 fully saturated rings. The molecule has 0 saturated carbocycles. The van der Waals surface area contributed by atoms with Gasteiger partial charge in [-0.2, -0.15) is 0 Å². The van der Waals surface area contributed by atoms with Gasteiger partial charge in [-0.15, -0.1) is 0 Å². The molecule has 4 heteroatoms. The molecule has 0 spiro atoms. The van der Waals surface area contributed by atoms with Gasteiger partial charge in [-0.1, -0.05) is 41.1 Å². The number of ether oxygens (including phenoxy) is 1. The van der Waals surface area contributed by atoms with Gasteiger partial charge in [0.2, 0.25) is 0 Å². The van der Waals surface area contributed by atoms with Crippen LogP contribution in [0.2, 0.25) is 0 Å². The van der Waals surface area contributed by atoms with E-state index < -0.39 is 0 Å². The summed E-state index contributed by atoms with van der Waals surface area (Å²) >= 11 is 3.46. The molecule has 0 amide bonds. The second-order valence-electron chi connectivity index (χ2n) is 4.92. The monoisotopic (exact) mass is 348 g/mol. The van der Waals surface area contributed by atoms with E-state index in [2.05, 4.69) is 45.3 Å². The van der Waals surface area contributed by atoms with Crippen LogP contribution in [0.25, 0.3) is 0 Å². The van der Waals surface area contributed by atoms with Crippen molar-refractivity contribution in [2.24, 2.45) is 0 Å². The first-order valence-electron chi connectivity index (χ1n) is 7.25. The summed E-state index contributed by atoms with van der Waals surface area (Å²) < 4.78 is 6.81. The molecule has 21 heavy (non-hydrogen) atoms. The van der Waals surface area contributed by atoms with E-state index in [0.29, 0.717) is 13.2 Å². The van der Waals surface area contributed by atoms with Gasteiger partial charge in [-0.05, 0) is 42.8 Å². The number of aromatic nitrogens is 1. The molecule has 1 aromatic carbocycles. The van der Waals surface area contributed by atoms with Crippen LogP contribution in [-0.2, 0) is 24.5 Å². The molecule has 1 N–H and O–H groups in total. The fourth-order valence-corrected chi connectivity index (χ4v) is 2.45. The van der Waals surface area contributed by atoms with Crippen molar-refractivity contribution in [2.45, 2.75) is 33.1 Å². The zero-order chi connectivity index (χ0) is 14.9. The van der Waals surface area contributed by atoms with Crippen molar-refractivity contribution in [1.29, 1.82) is 0 Å². The maximum atomic E-state index is 5.74. The van der Waals surface area contributed by atoms with E-state index in [0.717, 1.165) is 40.9 Å². The minimum absolute atomic E-state index is 0.536. The third kappa shape index (κ3) is 5.96. The van der Waals surface area contributed by atoms with E-state index in [4.69, 9.17) is 4.74 Å². The standard InChI is InChI=1S/C17H21BrN2O/c1-2-9-19-11-16-7-4-8-17(20-16)13-21-12-14-5-3-6-15(18)10-14/h3-8,10,19H,2,9,11-13H2,1H3. The van der Waals surface area contributed by atoms with Crippen LogP contribution in [0.1, 0.15) is 30.3 Å². The van der Waals surface area contributed by atoms with Crippen LogP contribution >= 0.6 is 15.9 Å². The Morgan fingerprint density at radius 2 is 1.90 bits per heavy atom. The molecule has 1 aromatic heterocycles. The fourth-order valence-electron chi connectivity index (χ4n) is 2.00. The third-order valence-corrected chi connectivity index (χ3v) is 3.50. The van der Waals surface area contributed by atoms with Crippen molar-refractivity contribution in [2.75, 3.05) is 6.54 Å². The molecule has 0 radical (unpaired) electrons. The Hall–Kier alpha value is -1.23. The zero-order valence-corrected chi connectivity index (χ0v) is 13.9. The van der Waals surface area contributed by atoms with E-state index in [1.807, 2.05) is 30.3 Å². The van der Waals surface area contributed by atoms with Crippen molar-refractivity contribution in [3.8, 4) is 0 Å². The molecule has 3 nitrogen and oxygen atoms in total. The van der Waals surface area contributed by atoms with Crippen molar-refractivity contribution < 1.29 is 4.74 Å². The van der Waals surface area contributed by atoms with E-state index in [9.17, 15) is 0 Å². The highest BCUT2D eigenvalue weighted by Crippen LogP contribution is 2.13.